The molecule has 0 unspecified atom stereocenters. The van der Waals surface area contributed by atoms with Crippen LogP contribution in [-0.4, -0.2) is 53.9 Å². The van der Waals surface area contributed by atoms with Crippen LogP contribution in [0.5, 0.6) is 0 Å². The van der Waals surface area contributed by atoms with Gasteiger partial charge >= 0.3 is 6.09 Å². The van der Waals surface area contributed by atoms with E-state index in [0.29, 0.717) is 0 Å². The highest BCUT2D eigenvalue weighted by Crippen LogP contribution is 2.07. The third-order valence-electron chi connectivity index (χ3n) is 6.55. The number of rotatable bonds is 14. The average molecular weight is 588 g/mol. The van der Waals surface area contributed by atoms with Crippen molar-refractivity contribution < 1.29 is 28.7 Å². The molecular formula is C32H37N5O6. The van der Waals surface area contributed by atoms with Crippen molar-refractivity contribution in [1.82, 2.24) is 21.3 Å². The Labute approximate surface area is 250 Å². The number of alkyl carbamates (subject to hydrolysis) is 1. The second-order valence-corrected chi connectivity index (χ2v) is 10.1. The van der Waals surface area contributed by atoms with Gasteiger partial charge in [0.1, 0.15) is 30.8 Å². The van der Waals surface area contributed by atoms with Crippen LogP contribution >= 0.6 is 0 Å². The molecule has 3 rings (SSSR count). The van der Waals surface area contributed by atoms with Gasteiger partial charge in [0.2, 0.25) is 23.6 Å². The highest BCUT2D eigenvalue weighted by Gasteiger charge is 2.29. The van der Waals surface area contributed by atoms with E-state index in [4.69, 9.17) is 10.5 Å². The number of carbonyl (C=O) groups excluding carboxylic acids is 5. The van der Waals surface area contributed by atoms with Crippen molar-refractivity contribution in [3.8, 4) is 0 Å². The van der Waals surface area contributed by atoms with Gasteiger partial charge in [0.25, 0.3) is 0 Å². The maximum atomic E-state index is 13.3. The number of nitrogens with one attached hydrogen (secondary N) is 4. The van der Waals surface area contributed by atoms with Crippen molar-refractivity contribution in [3.63, 3.8) is 0 Å². The van der Waals surface area contributed by atoms with E-state index < -0.39 is 53.9 Å². The van der Waals surface area contributed by atoms with E-state index >= 15 is 0 Å². The average Bonchev–Trinajstić information content (AvgIpc) is 3.00. The standard InChI is InChI=1S/C32H37N5O6/c1-21(34-29(39)22(2)35-32(42)43-20-25-16-10-5-11-17-25)30(40)37-27(19-24-14-8-4-9-15-24)31(41)36-26(28(33)38)18-23-12-6-3-7-13-23/h3-17,21-22,26-27H,18-20H2,1-2H3,(H2,33,38)(H,34,39)(H,35,42)(H,36,41)(H,37,40)/t21-,22-,26-,27-/m0/s1. The zero-order valence-corrected chi connectivity index (χ0v) is 24.1. The molecular weight excluding hydrogens is 550 g/mol. The number of amides is 5. The minimum Gasteiger partial charge on any atom is -0.445 e. The quantitative estimate of drug-likeness (QED) is 0.193. The maximum absolute atomic E-state index is 13.3. The molecule has 3 aromatic carbocycles. The van der Waals surface area contributed by atoms with E-state index in [1.165, 1.54) is 13.8 Å². The molecule has 0 heterocycles. The molecule has 3 aromatic rings. The lowest BCUT2D eigenvalue weighted by molar-refractivity contribution is -0.133. The Morgan fingerprint density at radius 2 is 1.00 bits per heavy atom. The predicted molar refractivity (Wildman–Crippen MR) is 160 cm³/mol. The monoisotopic (exact) mass is 587 g/mol. The molecule has 11 heteroatoms. The van der Waals surface area contributed by atoms with Crippen LogP contribution in [0.1, 0.15) is 30.5 Å². The molecule has 0 aliphatic carbocycles. The SMILES string of the molecule is C[C@H](NC(=O)OCc1ccccc1)C(=O)N[C@@H](C)C(=O)N[C@@H](Cc1ccccc1)C(=O)N[C@@H](Cc1ccccc1)C(N)=O. The van der Waals surface area contributed by atoms with Gasteiger partial charge in [-0.2, -0.15) is 0 Å². The molecule has 0 fully saturated rings. The Balaban J connectivity index is 1.59. The first-order valence-corrected chi connectivity index (χ1v) is 13.9. The molecule has 0 aromatic heterocycles. The normalized spacial score (nSPS) is 13.3. The van der Waals surface area contributed by atoms with Crippen molar-refractivity contribution >= 4 is 29.7 Å². The topological polar surface area (TPSA) is 169 Å². The number of hydrogen-bond donors (Lipinski definition) is 5. The zero-order chi connectivity index (χ0) is 31.2. The summed E-state index contributed by atoms with van der Waals surface area (Å²) in [5.41, 5.74) is 7.93. The fourth-order valence-electron chi connectivity index (χ4n) is 4.11. The molecule has 0 aliphatic heterocycles. The number of hydrogen-bond acceptors (Lipinski definition) is 6. The van der Waals surface area contributed by atoms with Gasteiger partial charge in [-0.3, -0.25) is 19.2 Å². The molecule has 0 saturated heterocycles. The van der Waals surface area contributed by atoms with Crippen LogP contribution in [0.15, 0.2) is 91.0 Å². The van der Waals surface area contributed by atoms with Gasteiger partial charge in [-0.05, 0) is 30.5 Å². The summed E-state index contributed by atoms with van der Waals surface area (Å²) in [5.74, 6) is -2.58. The van der Waals surface area contributed by atoms with E-state index in [2.05, 4.69) is 21.3 Å². The van der Waals surface area contributed by atoms with Crippen molar-refractivity contribution in [1.29, 1.82) is 0 Å². The molecule has 0 saturated carbocycles. The third-order valence-corrected chi connectivity index (χ3v) is 6.55. The molecule has 11 nitrogen and oxygen atoms in total. The van der Waals surface area contributed by atoms with Crippen LogP contribution < -0.4 is 27.0 Å². The summed E-state index contributed by atoms with van der Waals surface area (Å²) >= 11 is 0. The van der Waals surface area contributed by atoms with Gasteiger partial charge in [-0.1, -0.05) is 91.0 Å². The van der Waals surface area contributed by atoms with Crippen LogP contribution in [0.4, 0.5) is 4.79 Å². The molecule has 0 radical (unpaired) electrons. The number of benzene rings is 3. The lowest BCUT2D eigenvalue weighted by Gasteiger charge is -2.24. The van der Waals surface area contributed by atoms with Crippen molar-refractivity contribution in [2.75, 3.05) is 0 Å². The Bertz CT molecular complexity index is 1370. The minimum atomic E-state index is -1.07. The number of carbonyl (C=O) groups is 5. The van der Waals surface area contributed by atoms with E-state index in [1.54, 1.807) is 36.4 Å². The fourth-order valence-corrected chi connectivity index (χ4v) is 4.11. The molecule has 0 spiro atoms. The van der Waals surface area contributed by atoms with Crippen LogP contribution in [0.2, 0.25) is 0 Å². The second kappa shape index (κ2) is 16.3. The third kappa shape index (κ3) is 11.0. The predicted octanol–water partition coefficient (Wildman–Crippen LogP) is 1.75. The van der Waals surface area contributed by atoms with Crippen LogP contribution in [0, 0.1) is 0 Å². The lowest BCUT2D eigenvalue weighted by Crippen LogP contribution is -2.58. The molecule has 226 valence electrons. The second-order valence-electron chi connectivity index (χ2n) is 10.1. The minimum absolute atomic E-state index is 0.0344. The maximum Gasteiger partial charge on any atom is 0.408 e. The number of primary amides is 1. The van der Waals surface area contributed by atoms with Crippen molar-refractivity contribution in [2.24, 2.45) is 5.73 Å². The Hall–Kier alpha value is -5.19. The van der Waals surface area contributed by atoms with Crippen LogP contribution in [0.25, 0.3) is 0 Å². The van der Waals surface area contributed by atoms with Crippen LogP contribution in [-0.2, 0) is 43.4 Å². The first-order valence-electron chi connectivity index (χ1n) is 13.9. The van der Waals surface area contributed by atoms with E-state index in [0.717, 1.165) is 16.7 Å². The van der Waals surface area contributed by atoms with Gasteiger partial charge in [0, 0.05) is 12.8 Å². The largest absolute Gasteiger partial charge is 0.445 e. The zero-order valence-electron chi connectivity index (χ0n) is 24.1. The van der Waals surface area contributed by atoms with E-state index in [9.17, 15) is 24.0 Å². The van der Waals surface area contributed by atoms with Gasteiger partial charge in [0.15, 0.2) is 0 Å². The van der Waals surface area contributed by atoms with E-state index in [-0.39, 0.29) is 19.4 Å². The number of ether oxygens (including phenoxy) is 1. The van der Waals surface area contributed by atoms with Gasteiger partial charge in [0.05, 0.1) is 0 Å². The molecule has 43 heavy (non-hydrogen) atoms. The van der Waals surface area contributed by atoms with Crippen LogP contribution in [0.3, 0.4) is 0 Å². The van der Waals surface area contributed by atoms with Gasteiger partial charge in [-0.15, -0.1) is 0 Å². The summed E-state index contributed by atoms with van der Waals surface area (Å²) in [7, 11) is 0. The first-order chi connectivity index (χ1) is 20.6. The van der Waals surface area contributed by atoms with E-state index in [1.807, 2.05) is 54.6 Å². The number of nitrogens with two attached hydrogens (primary N) is 1. The summed E-state index contributed by atoms with van der Waals surface area (Å²) in [6.07, 6.45) is -0.483. The molecule has 0 bridgehead atoms. The smallest absolute Gasteiger partial charge is 0.408 e. The van der Waals surface area contributed by atoms with Crippen molar-refractivity contribution in [2.45, 2.75) is 57.5 Å². The summed E-state index contributed by atoms with van der Waals surface area (Å²) in [6, 6.07) is 23.0. The lowest BCUT2D eigenvalue weighted by atomic mass is 10.0. The summed E-state index contributed by atoms with van der Waals surface area (Å²) in [5, 5.41) is 10.3. The fraction of sp³-hybridized carbons (Fsp3) is 0.281. The Kier molecular flexibility index (Phi) is 12.3. The van der Waals surface area contributed by atoms with Crippen molar-refractivity contribution in [3.05, 3.63) is 108 Å². The summed E-state index contributed by atoms with van der Waals surface area (Å²) in [6.45, 7) is 2.94. The van der Waals surface area contributed by atoms with Gasteiger partial charge < -0.3 is 31.7 Å². The molecule has 4 atom stereocenters. The summed E-state index contributed by atoms with van der Waals surface area (Å²) < 4.78 is 5.14. The first kappa shape index (κ1) is 32.3. The molecule has 5 amide bonds. The summed E-state index contributed by atoms with van der Waals surface area (Å²) in [4.78, 5) is 63.4. The molecule has 0 aliphatic rings. The molecule has 6 N–H and O–H groups in total. The Morgan fingerprint density at radius 1 is 0.581 bits per heavy atom. The highest BCUT2D eigenvalue weighted by molar-refractivity contribution is 5.95. The van der Waals surface area contributed by atoms with Gasteiger partial charge in [-0.25, -0.2) is 4.79 Å². The highest BCUT2D eigenvalue weighted by atomic mass is 16.5. The Morgan fingerprint density at radius 3 is 1.51 bits per heavy atom.